The lowest BCUT2D eigenvalue weighted by Gasteiger charge is -2.34. The normalized spacial score (nSPS) is 13.6. The van der Waals surface area contributed by atoms with Gasteiger partial charge in [-0.15, -0.1) is 0 Å². The van der Waals surface area contributed by atoms with E-state index < -0.39 is 17.5 Å². The number of halogens is 1. The van der Waals surface area contributed by atoms with Crippen LogP contribution in [0.3, 0.4) is 0 Å². The van der Waals surface area contributed by atoms with Crippen molar-refractivity contribution >= 4 is 29.1 Å². The topological polar surface area (TPSA) is 93.7 Å². The number of hydrogen-bond donors (Lipinski definition) is 1. The number of aryl methyl sites for hydroxylation is 1. The molecule has 0 radical (unpaired) electrons. The number of fused-ring (bicyclic) bond motifs is 1. The molecule has 0 fully saturated rings. The minimum Gasteiger partial charge on any atom is -0.486 e. The first kappa shape index (κ1) is 24.5. The Labute approximate surface area is 209 Å². The van der Waals surface area contributed by atoms with Crippen LogP contribution < -0.4 is 19.7 Å². The highest BCUT2D eigenvalue weighted by atomic mass is 35.5. The molecule has 0 saturated heterocycles. The molecule has 0 bridgehead atoms. The van der Waals surface area contributed by atoms with Crippen LogP contribution in [0.4, 0.5) is 5.69 Å². The van der Waals surface area contributed by atoms with Crippen LogP contribution in [-0.4, -0.2) is 40.5 Å². The largest absolute Gasteiger partial charge is 0.486 e. The monoisotopic (exact) mass is 494 g/mol. The summed E-state index contributed by atoms with van der Waals surface area (Å²) in [5, 5.41) is 3.26. The molecule has 182 valence electrons. The SMILES string of the molecule is Cc1cccc(C(C(=O)NC(C)(C)C)N(C(=O)c2ccc(Cl)nc2)c2ccc3c(c2)OCCO3)n1. The Morgan fingerprint density at radius 1 is 1.06 bits per heavy atom. The van der Waals surface area contributed by atoms with Gasteiger partial charge in [0.1, 0.15) is 18.4 Å². The minimum atomic E-state index is -1.07. The lowest BCUT2D eigenvalue weighted by Crippen LogP contribution is -2.49. The van der Waals surface area contributed by atoms with E-state index in [2.05, 4.69) is 15.3 Å². The van der Waals surface area contributed by atoms with E-state index in [-0.39, 0.29) is 16.6 Å². The Morgan fingerprint density at radius 2 is 1.80 bits per heavy atom. The molecule has 1 aromatic carbocycles. The van der Waals surface area contributed by atoms with E-state index in [4.69, 9.17) is 21.1 Å². The maximum absolute atomic E-state index is 14.0. The summed E-state index contributed by atoms with van der Waals surface area (Å²) in [5.74, 6) is 0.252. The van der Waals surface area contributed by atoms with Crippen molar-refractivity contribution in [3.63, 3.8) is 0 Å². The number of ether oxygens (including phenoxy) is 2. The first-order valence-corrected chi connectivity index (χ1v) is 11.6. The summed E-state index contributed by atoms with van der Waals surface area (Å²) >= 11 is 5.95. The van der Waals surface area contributed by atoms with Gasteiger partial charge < -0.3 is 14.8 Å². The number of rotatable bonds is 5. The molecule has 1 aliphatic heterocycles. The summed E-state index contributed by atoms with van der Waals surface area (Å²) in [7, 11) is 0. The first-order chi connectivity index (χ1) is 16.6. The summed E-state index contributed by atoms with van der Waals surface area (Å²) in [6, 6.07) is 12.6. The van der Waals surface area contributed by atoms with E-state index in [1.165, 1.54) is 17.2 Å². The number of pyridine rings is 2. The number of aromatic nitrogens is 2. The zero-order chi connectivity index (χ0) is 25.2. The maximum Gasteiger partial charge on any atom is 0.260 e. The lowest BCUT2D eigenvalue weighted by atomic mass is 10.0. The molecule has 2 amide bonds. The van der Waals surface area contributed by atoms with Crippen molar-refractivity contribution in [3.8, 4) is 11.5 Å². The van der Waals surface area contributed by atoms with Gasteiger partial charge in [0.2, 0.25) is 5.91 Å². The Kier molecular flexibility index (Phi) is 6.93. The fourth-order valence-corrected chi connectivity index (χ4v) is 3.86. The van der Waals surface area contributed by atoms with Crippen molar-refractivity contribution in [1.82, 2.24) is 15.3 Å². The highest BCUT2D eigenvalue weighted by molar-refractivity contribution is 6.29. The van der Waals surface area contributed by atoms with Gasteiger partial charge in [0.15, 0.2) is 17.5 Å². The number of carbonyl (C=O) groups excluding carboxylic acids is 2. The van der Waals surface area contributed by atoms with Crippen LogP contribution in [-0.2, 0) is 4.79 Å². The molecule has 35 heavy (non-hydrogen) atoms. The van der Waals surface area contributed by atoms with Gasteiger partial charge in [0.05, 0.1) is 11.3 Å². The van der Waals surface area contributed by atoms with Crippen molar-refractivity contribution < 1.29 is 19.1 Å². The van der Waals surface area contributed by atoms with E-state index >= 15 is 0 Å². The zero-order valence-electron chi connectivity index (χ0n) is 20.0. The van der Waals surface area contributed by atoms with Crippen LogP contribution in [0, 0.1) is 6.92 Å². The van der Waals surface area contributed by atoms with Crippen molar-refractivity contribution in [2.24, 2.45) is 0 Å². The number of carbonyl (C=O) groups is 2. The lowest BCUT2D eigenvalue weighted by molar-refractivity contribution is -0.124. The molecule has 3 aromatic rings. The summed E-state index contributed by atoms with van der Waals surface area (Å²) < 4.78 is 11.4. The smallest absolute Gasteiger partial charge is 0.260 e. The highest BCUT2D eigenvalue weighted by Gasteiger charge is 2.36. The number of amides is 2. The third-order valence-corrected chi connectivity index (χ3v) is 5.42. The first-order valence-electron chi connectivity index (χ1n) is 11.2. The van der Waals surface area contributed by atoms with Crippen molar-refractivity contribution in [2.45, 2.75) is 39.3 Å². The highest BCUT2D eigenvalue weighted by Crippen LogP contribution is 2.37. The summed E-state index contributed by atoms with van der Waals surface area (Å²) in [4.78, 5) is 37.7. The quantitative estimate of drug-likeness (QED) is 0.524. The molecular weight excluding hydrogens is 468 g/mol. The van der Waals surface area contributed by atoms with Crippen LogP contribution in [0.2, 0.25) is 5.15 Å². The van der Waals surface area contributed by atoms with Crippen molar-refractivity contribution in [2.75, 3.05) is 18.1 Å². The van der Waals surface area contributed by atoms with E-state index in [0.29, 0.717) is 36.1 Å². The molecule has 4 rings (SSSR count). The number of benzene rings is 1. The maximum atomic E-state index is 14.0. The van der Waals surface area contributed by atoms with E-state index in [0.717, 1.165) is 5.69 Å². The molecule has 0 spiro atoms. The molecule has 0 saturated carbocycles. The minimum absolute atomic E-state index is 0.259. The third-order valence-electron chi connectivity index (χ3n) is 5.19. The third kappa shape index (κ3) is 5.71. The number of nitrogens with one attached hydrogen (secondary N) is 1. The van der Waals surface area contributed by atoms with Gasteiger partial charge >= 0.3 is 0 Å². The van der Waals surface area contributed by atoms with Gasteiger partial charge in [-0.1, -0.05) is 17.7 Å². The van der Waals surface area contributed by atoms with Gasteiger partial charge in [0.25, 0.3) is 5.91 Å². The number of hydrogen-bond acceptors (Lipinski definition) is 6. The molecule has 3 heterocycles. The van der Waals surface area contributed by atoms with Crippen LogP contribution in [0.5, 0.6) is 11.5 Å². The molecule has 1 aliphatic rings. The van der Waals surface area contributed by atoms with Gasteiger partial charge in [-0.05, 0) is 64.1 Å². The molecular formula is C26H27ClN4O4. The van der Waals surface area contributed by atoms with Gasteiger partial charge in [-0.3, -0.25) is 19.5 Å². The standard InChI is InChI=1S/C26H27ClN4O4/c1-16-6-5-7-19(29-16)23(24(32)30-26(2,3)4)31(25(33)17-8-11-22(27)28-15-17)18-9-10-20-21(14-18)35-13-12-34-20/h5-11,14-15,23H,12-13H2,1-4H3,(H,30,32). The average Bonchev–Trinajstić information content (AvgIpc) is 2.81. The molecule has 1 unspecified atom stereocenters. The number of anilines is 1. The van der Waals surface area contributed by atoms with Crippen molar-refractivity contribution in [1.29, 1.82) is 0 Å². The van der Waals surface area contributed by atoms with E-state index in [1.807, 2.05) is 39.8 Å². The van der Waals surface area contributed by atoms with E-state index in [1.54, 1.807) is 30.3 Å². The molecule has 9 heteroatoms. The fraction of sp³-hybridized carbons (Fsp3) is 0.308. The predicted molar refractivity (Wildman–Crippen MR) is 133 cm³/mol. The Morgan fingerprint density at radius 3 is 2.46 bits per heavy atom. The second kappa shape index (κ2) is 9.92. The van der Waals surface area contributed by atoms with Crippen molar-refractivity contribution in [3.05, 3.63) is 76.8 Å². The molecule has 8 nitrogen and oxygen atoms in total. The summed E-state index contributed by atoms with van der Waals surface area (Å²) in [6.45, 7) is 8.30. The molecule has 0 aliphatic carbocycles. The van der Waals surface area contributed by atoms with Gasteiger partial charge in [0, 0.05) is 29.2 Å². The Hall–Kier alpha value is -3.65. The van der Waals surface area contributed by atoms with Crippen LogP contribution in [0.25, 0.3) is 0 Å². The second-order valence-corrected chi connectivity index (χ2v) is 9.61. The van der Waals surface area contributed by atoms with E-state index in [9.17, 15) is 9.59 Å². The molecule has 1 N–H and O–H groups in total. The van der Waals surface area contributed by atoms with Crippen LogP contribution in [0.15, 0.2) is 54.7 Å². The van der Waals surface area contributed by atoms with Crippen LogP contribution >= 0.6 is 11.6 Å². The predicted octanol–water partition coefficient (Wildman–Crippen LogP) is 4.51. The fourth-order valence-electron chi connectivity index (χ4n) is 3.75. The molecule has 1 atom stereocenters. The molecule has 2 aromatic heterocycles. The summed E-state index contributed by atoms with van der Waals surface area (Å²) in [6.07, 6.45) is 1.39. The Balaban J connectivity index is 1.89. The number of nitrogens with zero attached hydrogens (tertiary/aromatic N) is 3. The zero-order valence-corrected chi connectivity index (χ0v) is 20.8. The van der Waals surface area contributed by atoms with Gasteiger partial charge in [-0.2, -0.15) is 0 Å². The summed E-state index contributed by atoms with van der Waals surface area (Å²) in [5.41, 5.74) is 1.33. The average molecular weight is 495 g/mol. The second-order valence-electron chi connectivity index (χ2n) is 9.22. The van der Waals surface area contributed by atoms with Gasteiger partial charge in [-0.25, -0.2) is 4.98 Å². The Bertz CT molecular complexity index is 1240. The van der Waals surface area contributed by atoms with Crippen LogP contribution in [0.1, 0.15) is 48.6 Å².